The summed E-state index contributed by atoms with van der Waals surface area (Å²) in [6, 6.07) is 6.17. The van der Waals surface area contributed by atoms with E-state index in [-0.39, 0.29) is 5.92 Å². The number of carbonyl (C=O) groups excluding carboxylic acids is 3. The lowest BCUT2D eigenvalue weighted by Gasteiger charge is -2.19. The average molecular weight is 292 g/mol. The number of aryl methyl sites for hydroxylation is 1. The molecule has 0 fully saturated rings. The highest BCUT2D eigenvalue weighted by molar-refractivity contribution is 6.40. The van der Waals surface area contributed by atoms with E-state index in [1.807, 2.05) is 19.1 Å². The molecule has 6 heteroatoms. The van der Waals surface area contributed by atoms with Gasteiger partial charge in [0.05, 0.1) is 7.11 Å². The third kappa shape index (κ3) is 4.91. The van der Waals surface area contributed by atoms with E-state index in [9.17, 15) is 14.4 Å². The number of esters is 1. The highest BCUT2D eigenvalue weighted by Gasteiger charge is 2.27. The van der Waals surface area contributed by atoms with Gasteiger partial charge in [-0.3, -0.25) is 9.59 Å². The summed E-state index contributed by atoms with van der Waals surface area (Å²) in [5, 5.41) is 4.84. The SMILES string of the molecule is COC(=O)C(NC(=O)C(=O)Nc1ccc(C)cc1)C(C)C. The summed E-state index contributed by atoms with van der Waals surface area (Å²) in [7, 11) is 1.23. The van der Waals surface area contributed by atoms with Crippen LogP contribution < -0.4 is 10.6 Å². The van der Waals surface area contributed by atoms with Gasteiger partial charge in [0.1, 0.15) is 6.04 Å². The van der Waals surface area contributed by atoms with Crippen LogP contribution >= 0.6 is 0 Å². The van der Waals surface area contributed by atoms with Gasteiger partial charge in [0.15, 0.2) is 0 Å². The molecule has 6 nitrogen and oxygen atoms in total. The Hall–Kier alpha value is -2.37. The van der Waals surface area contributed by atoms with Crippen molar-refractivity contribution < 1.29 is 19.1 Å². The summed E-state index contributed by atoms with van der Waals surface area (Å²) in [5.74, 6) is -2.47. The fourth-order valence-electron chi connectivity index (χ4n) is 1.66. The number of anilines is 1. The molecule has 0 radical (unpaired) electrons. The molecule has 0 saturated heterocycles. The van der Waals surface area contributed by atoms with Crippen LogP contribution in [0.3, 0.4) is 0 Å². The Morgan fingerprint density at radius 2 is 1.62 bits per heavy atom. The van der Waals surface area contributed by atoms with E-state index >= 15 is 0 Å². The smallest absolute Gasteiger partial charge is 0.328 e. The van der Waals surface area contributed by atoms with Gasteiger partial charge < -0.3 is 15.4 Å². The van der Waals surface area contributed by atoms with Crippen LogP contribution in [0.15, 0.2) is 24.3 Å². The van der Waals surface area contributed by atoms with Crippen LogP contribution in [0.1, 0.15) is 19.4 Å². The van der Waals surface area contributed by atoms with Gasteiger partial charge in [0, 0.05) is 5.69 Å². The first-order valence-electron chi connectivity index (χ1n) is 6.61. The average Bonchev–Trinajstić information content (AvgIpc) is 2.45. The second-order valence-electron chi connectivity index (χ2n) is 5.04. The van der Waals surface area contributed by atoms with Gasteiger partial charge in [0.2, 0.25) is 0 Å². The fourth-order valence-corrected chi connectivity index (χ4v) is 1.66. The van der Waals surface area contributed by atoms with Crippen molar-refractivity contribution in [3.63, 3.8) is 0 Å². The summed E-state index contributed by atoms with van der Waals surface area (Å²) < 4.78 is 4.60. The first-order chi connectivity index (χ1) is 9.85. The van der Waals surface area contributed by atoms with Crippen molar-refractivity contribution in [3.05, 3.63) is 29.8 Å². The number of rotatable bonds is 4. The van der Waals surface area contributed by atoms with Crippen molar-refractivity contribution in [1.29, 1.82) is 0 Å². The van der Waals surface area contributed by atoms with Gasteiger partial charge >= 0.3 is 17.8 Å². The lowest BCUT2D eigenvalue weighted by molar-refractivity contribution is -0.147. The fraction of sp³-hybridized carbons (Fsp3) is 0.400. The lowest BCUT2D eigenvalue weighted by atomic mass is 10.0. The van der Waals surface area contributed by atoms with Crippen LogP contribution in [-0.2, 0) is 19.1 Å². The number of hydrogen-bond acceptors (Lipinski definition) is 4. The van der Waals surface area contributed by atoms with E-state index < -0.39 is 23.8 Å². The molecule has 2 amide bonds. The van der Waals surface area contributed by atoms with Crippen molar-refractivity contribution in [1.82, 2.24) is 5.32 Å². The van der Waals surface area contributed by atoms with Crippen molar-refractivity contribution in [2.45, 2.75) is 26.8 Å². The second kappa shape index (κ2) is 7.42. The van der Waals surface area contributed by atoms with Gasteiger partial charge in [-0.1, -0.05) is 31.5 Å². The minimum Gasteiger partial charge on any atom is -0.467 e. The molecule has 0 heterocycles. The van der Waals surface area contributed by atoms with Gasteiger partial charge in [0.25, 0.3) is 0 Å². The number of ether oxygens (including phenoxy) is 1. The molecule has 0 spiro atoms. The summed E-state index contributed by atoms with van der Waals surface area (Å²) in [6.45, 7) is 5.42. The number of nitrogens with one attached hydrogen (secondary N) is 2. The summed E-state index contributed by atoms with van der Waals surface area (Å²) in [5.41, 5.74) is 1.56. The molecule has 114 valence electrons. The van der Waals surface area contributed by atoms with E-state index in [2.05, 4.69) is 15.4 Å². The molecular weight excluding hydrogens is 272 g/mol. The number of benzene rings is 1. The van der Waals surface area contributed by atoms with Gasteiger partial charge in [-0.25, -0.2) is 4.79 Å². The number of methoxy groups -OCH3 is 1. The molecule has 1 atom stereocenters. The normalized spacial score (nSPS) is 11.7. The first-order valence-corrected chi connectivity index (χ1v) is 6.61. The Bertz CT molecular complexity index is 523. The largest absolute Gasteiger partial charge is 0.467 e. The van der Waals surface area contributed by atoms with E-state index in [1.165, 1.54) is 7.11 Å². The molecule has 1 aromatic rings. The molecule has 0 aliphatic rings. The molecule has 0 aliphatic heterocycles. The number of carbonyl (C=O) groups is 3. The van der Waals surface area contributed by atoms with Crippen LogP contribution in [-0.4, -0.2) is 30.9 Å². The van der Waals surface area contributed by atoms with E-state index in [4.69, 9.17) is 0 Å². The molecule has 0 saturated carbocycles. The predicted molar refractivity (Wildman–Crippen MR) is 78.6 cm³/mol. The van der Waals surface area contributed by atoms with Crippen molar-refractivity contribution >= 4 is 23.5 Å². The summed E-state index contributed by atoms with van der Waals surface area (Å²) >= 11 is 0. The Morgan fingerprint density at radius 1 is 1.05 bits per heavy atom. The van der Waals surface area contributed by atoms with Crippen molar-refractivity contribution in [3.8, 4) is 0 Å². The number of hydrogen-bond donors (Lipinski definition) is 2. The zero-order valence-electron chi connectivity index (χ0n) is 12.6. The first kappa shape index (κ1) is 16.7. The van der Waals surface area contributed by atoms with Crippen molar-refractivity contribution in [2.24, 2.45) is 5.92 Å². The van der Waals surface area contributed by atoms with Crippen LogP contribution in [0.25, 0.3) is 0 Å². The Labute approximate surface area is 123 Å². The molecule has 0 aliphatic carbocycles. The van der Waals surface area contributed by atoms with Crippen LogP contribution in [0.4, 0.5) is 5.69 Å². The third-order valence-corrected chi connectivity index (χ3v) is 2.92. The minimum absolute atomic E-state index is 0.187. The molecule has 1 rings (SSSR count). The Balaban J connectivity index is 2.67. The number of amides is 2. The molecule has 0 aromatic heterocycles. The van der Waals surface area contributed by atoms with E-state index in [0.29, 0.717) is 5.69 Å². The van der Waals surface area contributed by atoms with Gasteiger partial charge in [-0.05, 0) is 25.0 Å². The molecule has 21 heavy (non-hydrogen) atoms. The maximum Gasteiger partial charge on any atom is 0.328 e. The minimum atomic E-state index is -0.875. The zero-order valence-corrected chi connectivity index (χ0v) is 12.6. The summed E-state index contributed by atoms with van der Waals surface area (Å²) in [4.78, 5) is 35.1. The Kier molecular flexibility index (Phi) is 5.90. The van der Waals surface area contributed by atoms with Gasteiger partial charge in [-0.2, -0.15) is 0 Å². The standard InChI is InChI=1S/C15H20N2O4/c1-9(2)12(15(20)21-4)17-14(19)13(18)16-11-7-5-10(3)6-8-11/h5-9,12H,1-4H3,(H,16,18)(H,17,19). The zero-order chi connectivity index (χ0) is 16.0. The summed E-state index contributed by atoms with van der Waals surface area (Å²) in [6.07, 6.45) is 0. The molecule has 0 bridgehead atoms. The lowest BCUT2D eigenvalue weighted by Crippen LogP contribution is -2.48. The van der Waals surface area contributed by atoms with Gasteiger partial charge in [-0.15, -0.1) is 0 Å². The topological polar surface area (TPSA) is 84.5 Å². The van der Waals surface area contributed by atoms with Crippen LogP contribution in [0.2, 0.25) is 0 Å². The quantitative estimate of drug-likeness (QED) is 0.646. The molecular formula is C15H20N2O4. The maximum atomic E-state index is 11.8. The molecule has 1 aromatic carbocycles. The third-order valence-electron chi connectivity index (χ3n) is 2.92. The van der Waals surface area contributed by atoms with Crippen LogP contribution in [0.5, 0.6) is 0 Å². The van der Waals surface area contributed by atoms with E-state index in [1.54, 1.807) is 26.0 Å². The highest BCUT2D eigenvalue weighted by Crippen LogP contribution is 2.09. The molecule has 2 N–H and O–H groups in total. The molecule has 1 unspecified atom stereocenters. The second-order valence-corrected chi connectivity index (χ2v) is 5.04. The van der Waals surface area contributed by atoms with E-state index in [0.717, 1.165) is 5.56 Å². The predicted octanol–water partition coefficient (Wildman–Crippen LogP) is 1.25. The monoisotopic (exact) mass is 292 g/mol. The maximum absolute atomic E-state index is 11.8. The van der Waals surface area contributed by atoms with Crippen molar-refractivity contribution in [2.75, 3.05) is 12.4 Å². The highest BCUT2D eigenvalue weighted by atomic mass is 16.5. The van der Waals surface area contributed by atoms with Crippen LogP contribution in [0, 0.1) is 12.8 Å². The Morgan fingerprint density at radius 3 is 2.10 bits per heavy atom.